The molecule has 0 radical (unpaired) electrons. The number of nitrogens with one attached hydrogen (secondary N) is 1. The summed E-state index contributed by atoms with van der Waals surface area (Å²) in [6, 6.07) is 0.429. The van der Waals surface area contributed by atoms with E-state index in [1.807, 2.05) is 0 Å². The fraction of sp³-hybridized carbons (Fsp3) is 0.812. The van der Waals surface area contributed by atoms with Gasteiger partial charge >= 0.3 is 0 Å². The number of hydrogen-bond acceptors (Lipinski definition) is 6. The third-order valence-corrected chi connectivity index (χ3v) is 5.34. The lowest BCUT2D eigenvalue weighted by molar-refractivity contribution is -0.124. The summed E-state index contributed by atoms with van der Waals surface area (Å²) >= 11 is 1.28. The Kier molecular flexibility index (Phi) is 5.61. The van der Waals surface area contributed by atoms with Crippen LogP contribution in [-0.2, 0) is 9.53 Å². The van der Waals surface area contributed by atoms with Crippen molar-refractivity contribution >= 4 is 22.6 Å². The Hall–Kier alpha value is -1.05. The molecule has 2 aliphatic rings. The molecule has 0 saturated carbocycles. The minimum atomic E-state index is -0.0433. The van der Waals surface area contributed by atoms with E-state index in [-0.39, 0.29) is 17.9 Å². The van der Waals surface area contributed by atoms with Crippen LogP contribution in [0.2, 0.25) is 0 Å². The number of ether oxygens (including phenoxy) is 1. The average Bonchev–Trinajstić information content (AvgIpc) is 3.04. The maximum absolute atomic E-state index is 12.8. The molecule has 0 bridgehead atoms. The van der Waals surface area contributed by atoms with Crippen LogP contribution in [0.1, 0.15) is 57.7 Å². The molecule has 0 aromatic carbocycles. The number of nitrogens with zero attached hydrogens (tertiary/aromatic N) is 3. The standard InChI is InChI=1S/C16H26N4O2S/c1-11(2)14-17-16(23-19-14)18-15(21)13-5-3-4-8-20(13)12-6-9-22-10-7-12/h11-13H,3-10H2,1-2H3,(H,17,18,19,21)/t13-/m0/s1. The van der Waals surface area contributed by atoms with Crippen molar-refractivity contribution in [2.45, 2.75) is 64.0 Å². The quantitative estimate of drug-likeness (QED) is 0.914. The second-order valence-electron chi connectivity index (χ2n) is 6.69. The van der Waals surface area contributed by atoms with E-state index in [9.17, 15) is 4.79 Å². The molecule has 1 atom stereocenters. The minimum Gasteiger partial charge on any atom is -0.381 e. The van der Waals surface area contributed by atoms with Gasteiger partial charge in [-0.25, -0.2) is 4.98 Å². The van der Waals surface area contributed by atoms with Gasteiger partial charge in [0.2, 0.25) is 11.0 Å². The molecule has 128 valence electrons. The molecule has 2 saturated heterocycles. The Bertz CT molecular complexity index is 528. The predicted octanol–water partition coefficient (Wildman–Crippen LogP) is 2.63. The van der Waals surface area contributed by atoms with E-state index in [1.54, 1.807) is 0 Å². The number of carbonyl (C=O) groups excluding carboxylic acids is 1. The molecular weight excluding hydrogens is 312 g/mol. The molecule has 7 heteroatoms. The summed E-state index contributed by atoms with van der Waals surface area (Å²) in [5.41, 5.74) is 0. The largest absolute Gasteiger partial charge is 0.381 e. The summed E-state index contributed by atoms with van der Waals surface area (Å²) in [5.74, 6) is 1.16. The normalized spacial score (nSPS) is 24.0. The Morgan fingerprint density at radius 2 is 2.09 bits per heavy atom. The fourth-order valence-electron chi connectivity index (χ4n) is 3.40. The van der Waals surface area contributed by atoms with Gasteiger partial charge in [-0.2, -0.15) is 4.37 Å². The maximum Gasteiger partial charge on any atom is 0.243 e. The number of hydrogen-bond donors (Lipinski definition) is 1. The van der Waals surface area contributed by atoms with Crippen molar-refractivity contribution in [1.29, 1.82) is 0 Å². The average molecular weight is 338 g/mol. The van der Waals surface area contributed by atoms with Gasteiger partial charge in [0.05, 0.1) is 6.04 Å². The lowest BCUT2D eigenvalue weighted by atomic mass is 9.96. The van der Waals surface area contributed by atoms with Crippen LogP contribution >= 0.6 is 11.5 Å². The first-order chi connectivity index (χ1) is 11.1. The van der Waals surface area contributed by atoms with Crippen molar-refractivity contribution in [2.24, 2.45) is 0 Å². The summed E-state index contributed by atoms with van der Waals surface area (Å²) in [7, 11) is 0. The summed E-state index contributed by atoms with van der Waals surface area (Å²) in [5, 5.41) is 3.61. The molecule has 2 aliphatic heterocycles. The van der Waals surface area contributed by atoms with E-state index in [0.717, 1.165) is 51.3 Å². The number of likely N-dealkylation sites (tertiary alicyclic amines) is 1. The van der Waals surface area contributed by atoms with E-state index in [2.05, 4.69) is 33.4 Å². The van der Waals surface area contributed by atoms with Gasteiger partial charge < -0.3 is 4.74 Å². The number of piperidine rings is 1. The molecule has 3 heterocycles. The van der Waals surface area contributed by atoms with Crippen molar-refractivity contribution in [3.63, 3.8) is 0 Å². The Morgan fingerprint density at radius 1 is 1.30 bits per heavy atom. The molecule has 0 aliphatic carbocycles. The molecule has 1 N–H and O–H groups in total. The SMILES string of the molecule is CC(C)c1nsc(NC(=O)[C@@H]2CCCCN2C2CCOCC2)n1. The lowest BCUT2D eigenvalue weighted by Crippen LogP contribution is -2.53. The van der Waals surface area contributed by atoms with Gasteiger partial charge in [0, 0.05) is 36.7 Å². The first-order valence-corrected chi connectivity index (χ1v) is 9.40. The van der Waals surface area contributed by atoms with Gasteiger partial charge in [-0.3, -0.25) is 15.0 Å². The van der Waals surface area contributed by atoms with Gasteiger partial charge in [-0.15, -0.1) is 0 Å². The van der Waals surface area contributed by atoms with E-state index in [4.69, 9.17) is 4.74 Å². The smallest absolute Gasteiger partial charge is 0.243 e. The molecule has 3 rings (SSSR count). The fourth-order valence-corrected chi connectivity index (χ4v) is 4.11. The zero-order chi connectivity index (χ0) is 16.2. The molecule has 1 amide bonds. The molecule has 2 fully saturated rings. The van der Waals surface area contributed by atoms with Crippen LogP contribution < -0.4 is 5.32 Å². The van der Waals surface area contributed by atoms with Crippen molar-refractivity contribution in [2.75, 3.05) is 25.1 Å². The predicted molar refractivity (Wildman–Crippen MR) is 90.8 cm³/mol. The molecule has 0 unspecified atom stereocenters. The lowest BCUT2D eigenvalue weighted by Gasteiger charge is -2.41. The monoisotopic (exact) mass is 338 g/mol. The van der Waals surface area contributed by atoms with Crippen LogP contribution in [-0.4, -0.2) is 52.0 Å². The van der Waals surface area contributed by atoms with E-state index < -0.39 is 0 Å². The second-order valence-corrected chi connectivity index (χ2v) is 7.45. The van der Waals surface area contributed by atoms with Crippen molar-refractivity contribution in [1.82, 2.24) is 14.3 Å². The highest BCUT2D eigenvalue weighted by Crippen LogP contribution is 2.26. The molecule has 23 heavy (non-hydrogen) atoms. The Morgan fingerprint density at radius 3 is 2.78 bits per heavy atom. The number of carbonyl (C=O) groups is 1. The topological polar surface area (TPSA) is 67.4 Å². The van der Waals surface area contributed by atoms with Gasteiger partial charge in [-0.1, -0.05) is 20.3 Å². The first-order valence-electron chi connectivity index (χ1n) is 8.63. The van der Waals surface area contributed by atoms with E-state index >= 15 is 0 Å². The maximum atomic E-state index is 12.8. The van der Waals surface area contributed by atoms with Crippen LogP contribution in [0.15, 0.2) is 0 Å². The third-order valence-electron chi connectivity index (χ3n) is 4.69. The van der Waals surface area contributed by atoms with Crippen molar-refractivity contribution in [3.05, 3.63) is 5.82 Å². The highest BCUT2D eigenvalue weighted by Gasteiger charge is 2.34. The second kappa shape index (κ2) is 7.68. The first kappa shape index (κ1) is 16.8. The molecule has 0 spiro atoms. The minimum absolute atomic E-state index is 0.0433. The molecule has 1 aromatic rings. The highest BCUT2D eigenvalue weighted by atomic mass is 32.1. The van der Waals surface area contributed by atoms with E-state index in [1.165, 1.54) is 18.0 Å². The van der Waals surface area contributed by atoms with Gasteiger partial charge in [-0.05, 0) is 32.2 Å². The van der Waals surface area contributed by atoms with Gasteiger partial charge in [0.15, 0.2) is 0 Å². The molecular formula is C16H26N4O2S. The van der Waals surface area contributed by atoms with Crippen LogP contribution in [0.3, 0.4) is 0 Å². The number of anilines is 1. The van der Waals surface area contributed by atoms with Crippen LogP contribution in [0.4, 0.5) is 5.13 Å². The van der Waals surface area contributed by atoms with Crippen LogP contribution in [0, 0.1) is 0 Å². The van der Waals surface area contributed by atoms with Gasteiger partial charge in [0.1, 0.15) is 5.82 Å². The van der Waals surface area contributed by atoms with Crippen LogP contribution in [0.25, 0.3) is 0 Å². The van der Waals surface area contributed by atoms with Crippen molar-refractivity contribution < 1.29 is 9.53 Å². The Labute approximate surface area is 141 Å². The molecule has 1 aromatic heterocycles. The number of amides is 1. The summed E-state index contributed by atoms with van der Waals surface area (Å²) in [6.45, 7) is 6.74. The van der Waals surface area contributed by atoms with Crippen molar-refractivity contribution in [3.8, 4) is 0 Å². The van der Waals surface area contributed by atoms with Gasteiger partial charge in [0.25, 0.3) is 0 Å². The summed E-state index contributed by atoms with van der Waals surface area (Å²) < 4.78 is 9.77. The highest BCUT2D eigenvalue weighted by molar-refractivity contribution is 7.09. The summed E-state index contributed by atoms with van der Waals surface area (Å²) in [4.78, 5) is 19.6. The summed E-state index contributed by atoms with van der Waals surface area (Å²) in [6.07, 6.45) is 5.28. The number of aromatic nitrogens is 2. The zero-order valence-corrected chi connectivity index (χ0v) is 14.8. The Balaban J connectivity index is 1.65. The third kappa shape index (κ3) is 4.08. The molecule has 6 nitrogen and oxygen atoms in total. The zero-order valence-electron chi connectivity index (χ0n) is 14.0. The number of rotatable bonds is 4. The van der Waals surface area contributed by atoms with E-state index in [0.29, 0.717) is 11.2 Å². The van der Waals surface area contributed by atoms with Crippen LogP contribution in [0.5, 0.6) is 0 Å².